The fourth-order valence-corrected chi connectivity index (χ4v) is 1.25. The van der Waals surface area contributed by atoms with Gasteiger partial charge in [-0.15, -0.1) is 13.2 Å². The lowest BCUT2D eigenvalue weighted by atomic mass is 10.1. The zero-order valence-corrected chi connectivity index (χ0v) is 8.96. The van der Waals surface area contributed by atoms with Gasteiger partial charge in [0.2, 0.25) is 5.88 Å². The smallest absolute Gasteiger partial charge is 0.388 e. The Morgan fingerprint density at radius 1 is 1.26 bits per heavy atom. The van der Waals surface area contributed by atoms with E-state index >= 15 is 0 Å². The molecule has 0 bridgehead atoms. The molecule has 1 rings (SSSR count). The number of pyridine rings is 1. The molecular formula is C8H4F6N2O3. The number of nitrogens with zero attached hydrogens (tertiary/aromatic N) is 2. The SMILES string of the molecule is Cc1nc(OC(F)(F)F)cc(C(F)(F)F)c1[N+](=O)[O-]. The van der Waals surface area contributed by atoms with Crippen LogP contribution in [-0.2, 0) is 6.18 Å². The molecule has 0 radical (unpaired) electrons. The lowest BCUT2D eigenvalue weighted by molar-refractivity contribution is -0.389. The van der Waals surface area contributed by atoms with Gasteiger partial charge in [-0.05, 0) is 6.92 Å². The second kappa shape index (κ2) is 4.55. The molecule has 5 nitrogen and oxygen atoms in total. The van der Waals surface area contributed by atoms with Crippen LogP contribution in [0.2, 0.25) is 0 Å². The van der Waals surface area contributed by atoms with Crippen molar-refractivity contribution in [2.24, 2.45) is 0 Å². The first kappa shape index (κ1) is 15.0. The topological polar surface area (TPSA) is 65.3 Å². The molecule has 0 N–H and O–H groups in total. The van der Waals surface area contributed by atoms with Gasteiger partial charge < -0.3 is 4.74 Å². The van der Waals surface area contributed by atoms with Gasteiger partial charge in [-0.2, -0.15) is 13.2 Å². The van der Waals surface area contributed by atoms with Crippen LogP contribution in [0.5, 0.6) is 5.88 Å². The summed E-state index contributed by atoms with van der Waals surface area (Å²) in [6.45, 7) is 0.774. The quantitative estimate of drug-likeness (QED) is 0.476. The average Bonchev–Trinajstić information content (AvgIpc) is 2.11. The van der Waals surface area contributed by atoms with E-state index in [1.807, 2.05) is 0 Å². The zero-order chi connectivity index (χ0) is 15.0. The molecule has 0 saturated carbocycles. The van der Waals surface area contributed by atoms with E-state index in [0.29, 0.717) is 0 Å². The van der Waals surface area contributed by atoms with Gasteiger partial charge >= 0.3 is 18.2 Å². The van der Waals surface area contributed by atoms with E-state index in [0.717, 1.165) is 6.92 Å². The standard InChI is InChI=1S/C8H4F6N2O3/c1-3-6(16(17)18)4(7(9,10)11)2-5(15-3)19-8(12,13)14/h2H,1H3. The van der Waals surface area contributed by atoms with E-state index in [-0.39, 0.29) is 6.07 Å². The largest absolute Gasteiger partial charge is 0.574 e. The van der Waals surface area contributed by atoms with Crippen LogP contribution in [0.1, 0.15) is 11.3 Å². The zero-order valence-electron chi connectivity index (χ0n) is 8.96. The maximum atomic E-state index is 12.5. The Morgan fingerprint density at radius 2 is 1.79 bits per heavy atom. The number of nitro groups is 1. The third kappa shape index (κ3) is 3.69. The second-order valence-corrected chi connectivity index (χ2v) is 3.24. The monoisotopic (exact) mass is 290 g/mol. The highest BCUT2D eigenvalue weighted by Crippen LogP contribution is 2.39. The van der Waals surface area contributed by atoms with E-state index in [9.17, 15) is 36.5 Å². The van der Waals surface area contributed by atoms with E-state index in [1.165, 1.54) is 0 Å². The Morgan fingerprint density at radius 3 is 2.16 bits per heavy atom. The molecule has 1 aromatic heterocycles. The summed E-state index contributed by atoms with van der Waals surface area (Å²) in [6, 6.07) is -0.168. The van der Waals surface area contributed by atoms with Gasteiger partial charge in [0.1, 0.15) is 11.3 Å². The van der Waals surface area contributed by atoms with Crippen molar-refractivity contribution < 1.29 is 36.0 Å². The molecular weight excluding hydrogens is 286 g/mol. The fourth-order valence-electron chi connectivity index (χ4n) is 1.25. The Kier molecular flexibility index (Phi) is 3.59. The van der Waals surface area contributed by atoms with Crippen LogP contribution < -0.4 is 4.74 Å². The summed E-state index contributed by atoms with van der Waals surface area (Å²) in [7, 11) is 0. The molecule has 0 atom stereocenters. The molecule has 11 heteroatoms. The van der Waals surface area contributed by atoms with Crippen molar-refractivity contribution in [2.75, 3.05) is 0 Å². The van der Waals surface area contributed by atoms with Gasteiger partial charge in [-0.3, -0.25) is 10.1 Å². The van der Waals surface area contributed by atoms with E-state index in [4.69, 9.17) is 0 Å². The predicted octanol–water partition coefficient (Wildman–Crippen LogP) is 3.22. The van der Waals surface area contributed by atoms with E-state index in [2.05, 4.69) is 9.72 Å². The number of ether oxygens (including phenoxy) is 1. The van der Waals surface area contributed by atoms with Crippen molar-refractivity contribution >= 4 is 5.69 Å². The number of hydrogen-bond donors (Lipinski definition) is 0. The number of alkyl halides is 6. The molecule has 0 spiro atoms. The molecule has 0 aliphatic carbocycles. The maximum absolute atomic E-state index is 12.5. The summed E-state index contributed by atoms with van der Waals surface area (Å²) in [5.74, 6) is -1.41. The molecule has 0 saturated heterocycles. The van der Waals surface area contributed by atoms with Crippen LogP contribution in [0.3, 0.4) is 0 Å². The molecule has 1 aromatic rings. The first-order valence-corrected chi connectivity index (χ1v) is 4.41. The first-order chi connectivity index (χ1) is 8.42. The number of aryl methyl sites for hydroxylation is 1. The van der Waals surface area contributed by atoms with Gasteiger partial charge in [0, 0.05) is 6.07 Å². The molecule has 0 aliphatic heterocycles. The van der Waals surface area contributed by atoms with Gasteiger partial charge in [0.15, 0.2) is 0 Å². The van der Waals surface area contributed by atoms with Crippen LogP contribution in [0.25, 0.3) is 0 Å². The van der Waals surface area contributed by atoms with Crippen LogP contribution in [0, 0.1) is 17.0 Å². The van der Waals surface area contributed by atoms with Crippen molar-refractivity contribution in [3.05, 3.63) is 27.4 Å². The molecule has 0 unspecified atom stereocenters. The number of aromatic nitrogens is 1. The van der Waals surface area contributed by atoms with Crippen molar-refractivity contribution in [2.45, 2.75) is 19.5 Å². The molecule has 1 heterocycles. The lowest BCUT2D eigenvalue weighted by Gasteiger charge is -2.12. The van der Waals surface area contributed by atoms with Crippen LogP contribution in [0.4, 0.5) is 32.0 Å². The number of rotatable bonds is 2. The normalized spacial score (nSPS) is 12.4. The van der Waals surface area contributed by atoms with E-state index in [1.54, 1.807) is 0 Å². The average molecular weight is 290 g/mol. The third-order valence-corrected chi connectivity index (χ3v) is 1.85. The van der Waals surface area contributed by atoms with Gasteiger partial charge in [-0.25, -0.2) is 4.98 Å². The van der Waals surface area contributed by atoms with Crippen molar-refractivity contribution in [3.8, 4) is 5.88 Å². The highest BCUT2D eigenvalue weighted by Gasteiger charge is 2.42. The van der Waals surface area contributed by atoms with Crippen LogP contribution in [-0.4, -0.2) is 16.3 Å². The minimum Gasteiger partial charge on any atom is -0.388 e. The highest BCUT2D eigenvalue weighted by atomic mass is 19.4. The molecule has 0 amide bonds. The summed E-state index contributed by atoms with van der Waals surface area (Å²) in [6.07, 6.45) is -10.5. The molecule has 0 aliphatic rings. The minimum atomic E-state index is -5.25. The Labute approximate surface area is 101 Å². The summed E-state index contributed by atoms with van der Waals surface area (Å²) >= 11 is 0. The fraction of sp³-hybridized carbons (Fsp3) is 0.375. The molecule has 19 heavy (non-hydrogen) atoms. The first-order valence-electron chi connectivity index (χ1n) is 4.41. The van der Waals surface area contributed by atoms with Gasteiger partial charge in [0.05, 0.1) is 4.92 Å². The number of halogens is 6. The van der Waals surface area contributed by atoms with Crippen molar-refractivity contribution in [1.82, 2.24) is 4.98 Å². The third-order valence-electron chi connectivity index (χ3n) is 1.85. The highest BCUT2D eigenvalue weighted by molar-refractivity contribution is 5.48. The Balaban J connectivity index is 3.44. The van der Waals surface area contributed by atoms with Crippen LogP contribution >= 0.6 is 0 Å². The van der Waals surface area contributed by atoms with Crippen LogP contribution in [0.15, 0.2) is 6.07 Å². The summed E-state index contributed by atoms with van der Waals surface area (Å²) < 4.78 is 76.5. The van der Waals surface area contributed by atoms with Gasteiger partial charge in [-0.1, -0.05) is 0 Å². The van der Waals surface area contributed by atoms with Crippen molar-refractivity contribution in [3.63, 3.8) is 0 Å². The summed E-state index contributed by atoms with van der Waals surface area (Å²) in [5, 5.41) is 10.5. The van der Waals surface area contributed by atoms with Crippen molar-refractivity contribution in [1.29, 1.82) is 0 Å². The Bertz CT molecular complexity index is 510. The lowest BCUT2D eigenvalue weighted by Crippen LogP contribution is -2.19. The van der Waals surface area contributed by atoms with E-state index < -0.39 is 40.3 Å². The summed E-state index contributed by atoms with van der Waals surface area (Å²) in [4.78, 5) is 12.1. The molecule has 0 aromatic carbocycles. The van der Waals surface area contributed by atoms with Gasteiger partial charge in [0.25, 0.3) is 0 Å². The summed E-state index contributed by atoms with van der Waals surface area (Å²) in [5.41, 5.74) is -4.11. The minimum absolute atomic E-state index is 0.168. The second-order valence-electron chi connectivity index (χ2n) is 3.24. The molecule has 106 valence electrons. The number of hydrogen-bond acceptors (Lipinski definition) is 4. The maximum Gasteiger partial charge on any atom is 0.574 e. The Hall–Kier alpha value is -2.07. The molecule has 0 fully saturated rings. The predicted molar refractivity (Wildman–Crippen MR) is 47.3 cm³/mol.